The van der Waals surface area contributed by atoms with E-state index in [0.29, 0.717) is 5.95 Å². The number of para-hydroxylation sites is 1. The lowest BCUT2D eigenvalue weighted by Crippen LogP contribution is -2.21. The summed E-state index contributed by atoms with van der Waals surface area (Å²) in [6.45, 7) is 0. The van der Waals surface area contributed by atoms with Gasteiger partial charge in [-0.25, -0.2) is 15.0 Å². The number of anilines is 1. The van der Waals surface area contributed by atoms with Gasteiger partial charge in [-0.05, 0) is 29.3 Å². The van der Waals surface area contributed by atoms with Gasteiger partial charge in [0.15, 0.2) is 0 Å². The molecule has 170 valence electrons. The molecule has 35 heavy (non-hydrogen) atoms. The molecule has 0 aliphatic carbocycles. The van der Waals surface area contributed by atoms with Gasteiger partial charge in [0.1, 0.15) is 5.75 Å². The van der Waals surface area contributed by atoms with Crippen LogP contribution in [0.2, 0.25) is 0 Å². The molecule has 0 spiro atoms. The summed E-state index contributed by atoms with van der Waals surface area (Å²) in [5, 5.41) is 8.06. The number of hydrogen-bond acceptors (Lipinski definition) is 5. The highest BCUT2D eigenvalue weighted by atomic mass is 16.5. The fraction of sp³-hybridized carbons (Fsp3) is 0.100. The van der Waals surface area contributed by atoms with Crippen LogP contribution in [0.5, 0.6) is 5.75 Å². The maximum absolute atomic E-state index is 5.51. The summed E-state index contributed by atoms with van der Waals surface area (Å²) >= 11 is 0. The molecule has 2 heterocycles. The van der Waals surface area contributed by atoms with Crippen molar-refractivity contribution in [1.82, 2.24) is 9.97 Å². The lowest BCUT2D eigenvalue weighted by atomic mass is 9.98. The van der Waals surface area contributed by atoms with Crippen LogP contribution in [0, 0.1) is 0 Å². The first-order valence-corrected chi connectivity index (χ1v) is 11.7. The third-order valence-electron chi connectivity index (χ3n) is 6.34. The molecule has 0 bridgehead atoms. The zero-order valence-corrected chi connectivity index (χ0v) is 19.4. The summed E-state index contributed by atoms with van der Waals surface area (Å²) in [5.41, 5.74) is 6.07. The Labute approximate surface area is 204 Å². The normalized spacial score (nSPS) is 15.3. The van der Waals surface area contributed by atoms with Crippen LogP contribution in [0.3, 0.4) is 0 Å². The summed E-state index contributed by atoms with van der Waals surface area (Å²) in [6.07, 6.45) is 0.744. The van der Waals surface area contributed by atoms with Crippen molar-refractivity contribution in [2.24, 2.45) is 5.10 Å². The average Bonchev–Trinajstić information content (AvgIpc) is 3.39. The molecule has 5 heteroatoms. The lowest BCUT2D eigenvalue weighted by molar-refractivity contribution is 0.414. The molecule has 1 unspecified atom stereocenters. The molecule has 0 saturated heterocycles. The van der Waals surface area contributed by atoms with E-state index in [1.54, 1.807) is 7.11 Å². The van der Waals surface area contributed by atoms with Gasteiger partial charge in [-0.3, -0.25) is 0 Å². The van der Waals surface area contributed by atoms with Crippen LogP contribution < -0.4 is 9.75 Å². The monoisotopic (exact) mass is 456 g/mol. The highest BCUT2D eigenvalue weighted by Gasteiger charge is 2.32. The number of benzene rings is 4. The van der Waals surface area contributed by atoms with Crippen molar-refractivity contribution in [3.05, 3.63) is 120 Å². The Kier molecular flexibility index (Phi) is 5.43. The smallest absolute Gasteiger partial charge is 0.247 e. The molecule has 1 aliphatic heterocycles. The zero-order chi connectivity index (χ0) is 23.6. The van der Waals surface area contributed by atoms with E-state index in [9.17, 15) is 0 Å². The van der Waals surface area contributed by atoms with Gasteiger partial charge in [-0.1, -0.05) is 91.0 Å². The number of hydrogen-bond donors (Lipinski definition) is 0. The van der Waals surface area contributed by atoms with E-state index >= 15 is 0 Å². The maximum Gasteiger partial charge on any atom is 0.247 e. The predicted octanol–water partition coefficient (Wildman–Crippen LogP) is 6.66. The van der Waals surface area contributed by atoms with Crippen LogP contribution in [-0.4, -0.2) is 22.8 Å². The number of nitrogens with zero attached hydrogens (tertiary/aromatic N) is 4. The van der Waals surface area contributed by atoms with Gasteiger partial charge in [0, 0.05) is 17.4 Å². The van der Waals surface area contributed by atoms with Crippen LogP contribution in [0.25, 0.3) is 22.2 Å². The van der Waals surface area contributed by atoms with Gasteiger partial charge in [0.25, 0.3) is 0 Å². The Morgan fingerprint density at radius 3 is 2.23 bits per heavy atom. The second-order valence-corrected chi connectivity index (χ2v) is 8.51. The third kappa shape index (κ3) is 4.02. The highest BCUT2D eigenvalue weighted by molar-refractivity contribution is 6.03. The molecule has 1 aromatic heterocycles. The minimum absolute atomic E-state index is 0.0508. The molecule has 6 rings (SSSR count). The zero-order valence-electron chi connectivity index (χ0n) is 19.4. The third-order valence-corrected chi connectivity index (χ3v) is 6.34. The van der Waals surface area contributed by atoms with E-state index in [0.717, 1.165) is 51.2 Å². The van der Waals surface area contributed by atoms with Gasteiger partial charge < -0.3 is 4.74 Å². The Balaban J connectivity index is 1.53. The van der Waals surface area contributed by atoms with Crippen LogP contribution >= 0.6 is 0 Å². The molecule has 0 fully saturated rings. The average molecular weight is 457 g/mol. The van der Waals surface area contributed by atoms with E-state index in [-0.39, 0.29) is 6.04 Å². The first-order valence-electron chi connectivity index (χ1n) is 11.7. The van der Waals surface area contributed by atoms with E-state index in [4.69, 9.17) is 19.8 Å². The van der Waals surface area contributed by atoms with Crippen molar-refractivity contribution >= 4 is 22.6 Å². The Hall–Kier alpha value is -4.51. The van der Waals surface area contributed by atoms with Crippen LogP contribution in [0.15, 0.2) is 114 Å². The quantitative estimate of drug-likeness (QED) is 0.297. The Morgan fingerprint density at radius 2 is 1.46 bits per heavy atom. The topological polar surface area (TPSA) is 50.6 Å². The summed E-state index contributed by atoms with van der Waals surface area (Å²) < 4.78 is 5.51. The van der Waals surface area contributed by atoms with Crippen molar-refractivity contribution < 1.29 is 4.74 Å². The first-order chi connectivity index (χ1) is 17.3. The Morgan fingerprint density at radius 1 is 0.743 bits per heavy atom. The SMILES string of the molecule is COc1cccc(C2CC(c3ccccc3)=NN2c2nc(-c3ccccc3)c3ccccc3n2)c1. The molecule has 5 aromatic rings. The van der Waals surface area contributed by atoms with Crippen LogP contribution in [-0.2, 0) is 0 Å². The number of rotatable bonds is 5. The van der Waals surface area contributed by atoms with E-state index in [1.165, 1.54) is 0 Å². The number of ether oxygens (including phenoxy) is 1. The molecule has 0 N–H and O–H groups in total. The number of aromatic nitrogens is 2. The van der Waals surface area contributed by atoms with Crippen molar-refractivity contribution in [2.75, 3.05) is 12.1 Å². The van der Waals surface area contributed by atoms with E-state index in [2.05, 4.69) is 42.5 Å². The number of hydrazone groups is 1. The summed E-state index contributed by atoms with van der Waals surface area (Å²) in [7, 11) is 1.69. The van der Waals surface area contributed by atoms with Crippen molar-refractivity contribution in [3.8, 4) is 17.0 Å². The summed E-state index contributed by atoms with van der Waals surface area (Å²) in [4.78, 5) is 10.0. The van der Waals surface area contributed by atoms with Gasteiger partial charge >= 0.3 is 0 Å². The molecule has 1 aliphatic rings. The predicted molar refractivity (Wildman–Crippen MR) is 141 cm³/mol. The van der Waals surface area contributed by atoms with Crippen molar-refractivity contribution in [2.45, 2.75) is 12.5 Å². The minimum Gasteiger partial charge on any atom is -0.497 e. The largest absolute Gasteiger partial charge is 0.497 e. The number of fused-ring (bicyclic) bond motifs is 1. The summed E-state index contributed by atoms with van der Waals surface area (Å²) in [5.74, 6) is 1.40. The Bertz CT molecular complexity index is 1520. The van der Waals surface area contributed by atoms with Gasteiger partial charge in [-0.15, -0.1) is 0 Å². The van der Waals surface area contributed by atoms with Gasteiger partial charge in [0.2, 0.25) is 5.95 Å². The maximum atomic E-state index is 5.51. The standard InChI is InChI=1S/C30H24N4O/c1-35-24-16-10-15-23(19-24)28-20-27(21-11-4-2-5-12-21)33-34(28)30-31-26-18-9-8-17-25(26)29(32-30)22-13-6-3-7-14-22/h2-19,28H,20H2,1H3. The first kappa shape index (κ1) is 21.1. The molecule has 0 amide bonds. The molecular formula is C30H24N4O. The van der Waals surface area contributed by atoms with Gasteiger partial charge in [-0.2, -0.15) is 5.10 Å². The van der Waals surface area contributed by atoms with E-state index in [1.807, 2.05) is 71.7 Å². The summed E-state index contributed by atoms with van der Waals surface area (Å²) in [6, 6.07) is 36.8. The van der Waals surface area contributed by atoms with Crippen molar-refractivity contribution in [1.29, 1.82) is 0 Å². The molecule has 5 nitrogen and oxygen atoms in total. The minimum atomic E-state index is -0.0508. The molecule has 0 radical (unpaired) electrons. The molecule has 0 saturated carbocycles. The highest BCUT2D eigenvalue weighted by Crippen LogP contribution is 2.38. The fourth-order valence-electron chi connectivity index (χ4n) is 4.59. The van der Waals surface area contributed by atoms with E-state index < -0.39 is 0 Å². The van der Waals surface area contributed by atoms with Crippen molar-refractivity contribution in [3.63, 3.8) is 0 Å². The molecule has 1 atom stereocenters. The van der Waals surface area contributed by atoms with Gasteiger partial charge in [0.05, 0.1) is 30.1 Å². The second-order valence-electron chi connectivity index (χ2n) is 8.51. The van der Waals surface area contributed by atoms with Crippen LogP contribution in [0.1, 0.15) is 23.6 Å². The second kappa shape index (κ2) is 9.03. The van der Waals surface area contributed by atoms with Crippen LogP contribution in [0.4, 0.5) is 5.95 Å². The molecule has 4 aromatic carbocycles. The molecular weight excluding hydrogens is 432 g/mol. The number of methoxy groups -OCH3 is 1. The lowest BCUT2D eigenvalue weighted by Gasteiger charge is -2.23. The fourth-order valence-corrected chi connectivity index (χ4v) is 4.59.